The van der Waals surface area contributed by atoms with Gasteiger partial charge in [0.15, 0.2) is 0 Å². The second kappa shape index (κ2) is 10.7. The maximum Gasteiger partial charge on any atom is 0.267 e. The molecule has 160 valence electrons. The number of amides is 1. The Balaban J connectivity index is 1.95. The second-order valence-electron chi connectivity index (χ2n) is 6.77. The lowest BCUT2D eigenvalue weighted by Gasteiger charge is -2.13. The molecule has 9 heteroatoms. The van der Waals surface area contributed by atoms with Crippen molar-refractivity contribution in [2.24, 2.45) is 0 Å². The summed E-state index contributed by atoms with van der Waals surface area (Å²) < 4.78 is 7.38. The molecule has 1 amide bonds. The molecule has 1 fully saturated rings. The van der Waals surface area contributed by atoms with Gasteiger partial charge in [-0.05, 0) is 38.0 Å². The fourth-order valence-electron chi connectivity index (χ4n) is 3.03. The first-order valence-electron chi connectivity index (χ1n) is 10.1. The SMILES string of the molecule is CCCCN1C(=O)/C(=C\c2c(NCCCOCC)nc3ccccn3c2=O)SC1=S. The molecule has 1 aliphatic heterocycles. The number of fused-ring (bicyclic) bond motifs is 1. The van der Waals surface area contributed by atoms with Gasteiger partial charge in [-0.15, -0.1) is 0 Å². The van der Waals surface area contributed by atoms with Crippen molar-refractivity contribution in [2.45, 2.75) is 33.1 Å². The maximum absolute atomic E-state index is 13.2. The standard InChI is InChI=1S/C21H26N4O3S2/c1-3-5-11-25-20(27)16(30-21(25)29)14-15-18(22-10-8-13-28-4-2)23-17-9-6-7-12-24(17)19(15)26/h6-7,9,12,14,22H,3-5,8,10-11,13H2,1-2H3/b16-14+. The molecule has 0 atom stereocenters. The van der Waals surface area contributed by atoms with Crippen molar-refractivity contribution in [2.75, 3.05) is 31.6 Å². The number of rotatable bonds is 10. The molecule has 0 bridgehead atoms. The van der Waals surface area contributed by atoms with Gasteiger partial charge < -0.3 is 10.1 Å². The van der Waals surface area contributed by atoms with Crippen LogP contribution < -0.4 is 10.9 Å². The van der Waals surface area contributed by atoms with Gasteiger partial charge in [0.25, 0.3) is 11.5 Å². The highest BCUT2D eigenvalue weighted by Gasteiger charge is 2.32. The van der Waals surface area contributed by atoms with Crippen molar-refractivity contribution in [1.82, 2.24) is 14.3 Å². The molecule has 7 nitrogen and oxygen atoms in total. The van der Waals surface area contributed by atoms with E-state index in [2.05, 4.69) is 17.2 Å². The summed E-state index contributed by atoms with van der Waals surface area (Å²) in [6.45, 7) is 6.51. The Morgan fingerprint density at radius 2 is 2.10 bits per heavy atom. The lowest BCUT2D eigenvalue weighted by molar-refractivity contribution is -0.122. The van der Waals surface area contributed by atoms with Crippen LogP contribution in [0.3, 0.4) is 0 Å². The number of thioether (sulfide) groups is 1. The number of carbonyl (C=O) groups excluding carboxylic acids is 1. The van der Waals surface area contributed by atoms with Crippen LogP contribution in [0.25, 0.3) is 11.7 Å². The molecule has 1 saturated heterocycles. The lowest BCUT2D eigenvalue weighted by atomic mass is 10.2. The summed E-state index contributed by atoms with van der Waals surface area (Å²) in [5.74, 6) is 0.305. The molecule has 2 aromatic heterocycles. The molecule has 0 spiro atoms. The Morgan fingerprint density at radius 3 is 2.87 bits per heavy atom. The third kappa shape index (κ3) is 5.08. The second-order valence-corrected chi connectivity index (χ2v) is 8.45. The van der Waals surface area contributed by atoms with Crippen LogP contribution in [0.4, 0.5) is 5.82 Å². The van der Waals surface area contributed by atoms with Crippen molar-refractivity contribution in [3.63, 3.8) is 0 Å². The number of hydrogen-bond donors (Lipinski definition) is 1. The minimum Gasteiger partial charge on any atom is -0.382 e. The fourth-order valence-corrected chi connectivity index (χ4v) is 4.32. The summed E-state index contributed by atoms with van der Waals surface area (Å²) in [6.07, 6.45) is 5.93. The molecule has 0 radical (unpaired) electrons. The predicted molar refractivity (Wildman–Crippen MR) is 126 cm³/mol. The number of carbonyl (C=O) groups is 1. The third-order valence-electron chi connectivity index (χ3n) is 4.62. The number of nitrogens with one attached hydrogen (secondary N) is 1. The van der Waals surface area contributed by atoms with Crippen molar-refractivity contribution < 1.29 is 9.53 Å². The quantitative estimate of drug-likeness (QED) is 0.340. The number of thiocarbonyl (C=S) groups is 1. The van der Waals surface area contributed by atoms with Crippen molar-refractivity contribution >= 4 is 51.7 Å². The van der Waals surface area contributed by atoms with E-state index in [1.807, 2.05) is 13.0 Å². The fraction of sp³-hybridized carbons (Fsp3) is 0.429. The van der Waals surface area contributed by atoms with E-state index in [0.717, 1.165) is 19.3 Å². The summed E-state index contributed by atoms with van der Waals surface area (Å²) in [5.41, 5.74) is 0.667. The molecule has 1 aliphatic rings. The molecule has 0 aromatic carbocycles. The van der Waals surface area contributed by atoms with Crippen molar-refractivity contribution in [1.29, 1.82) is 0 Å². The molecule has 3 heterocycles. The van der Waals surface area contributed by atoms with Gasteiger partial charge in [-0.1, -0.05) is 43.4 Å². The van der Waals surface area contributed by atoms with Crippen LogP contribution in [0, 0.1) is 0 Å². The highest BCUT2D eigenvalue weighted by atomic mass is 32.2. The summed E-state index contributed by atoms with van der Waals surface area (Å²) >= 11 is 6.61. The number of anilines is 1. The predicted octanol–water partition coefficient (Wildman–Crippen LogP) is 3.53. The zero-order chi connectivity index (χ0) is 21.5. The Labute approximate surface area is 185 Å². The Hall–Kier alpha value is -2.23. The molecular formula is C21H26N4O3S2. The minimum atomic E-state index is -0.230. The normalized spacial score (nSPS) is 15.5. The van der Waals surface area contributed by atoms with Crippen LogP contribution in [0.1, 0.15) is 38.7 Å². The summed E-state index contributed by atoms with van der Waals surface area (Å²) in [6, 6.07) is 5.39. The van der Waals surface area contributed by atoms with Gasteiger partial charge in [0.1, 0.15) is 15.8 Å². The first-order valence-corrected chi connectivity index (χ1v) is 11.4. The zero-order valence-electron chi connectivity index (χ0n) is 17.2. The van der Waals surface area contributed by atoms with Gasteiger partial charge in [-0.2, -0.15) is 0 Å². The van der Waals surface area contributed by atoms with Gasteiger partial charge in [0.05, 0.1) is 10.5 Å². The molecule has 1 N–H and O–H groups in total. The van der Waals surface area contributed by atoms with Gasteiger partial charge in [-0.3, -0.25) is 18.9 Å². The smallest absolute Gasteiger partial charge is 0.267 e. The summed E-state index contributed by atoms with van der Waals surface area (Å²) in [5, 5.41) is 3.23. The van der Waals surface area contributed by atoms with Gasteiger partial charge >= 0.3 is 0 Å². The number of ether oxygens (including phenoxy) is 1. The van der Waals surface area contributed by atoms with E-state index in [1.165, 1.54) is 16.2 Å². The Kier molecular flexibility index (Phi) is 8.01. The van der Waals surface area contributed by atoms with Crippen LogP contribution in [-0.4, -0.2) is 50.8 Å². The highest BCUT2D eigenvalue weighted by molar-refractivity contribution is 8.26. The molecule has 0 unspecified atom stereocenters. The van der Waals surface area contributed by atoms with Crippen LogP contribution in [0.5, 0.6) is 0 Å². The van der Waals surface area contributed by atoms with E-state index in [9.17, 15) is 9.59 Å². The van der Waals surface area contributed by atoms with Crippen LogP contribution in [0.15, 0.2) is 34.1 Å². The number of hydrogen-bond acceptors (Lipinski definition) is 7. The zero-order valence-corrected chi connectivity index (χ0v) is 18.9. The molecule has 3 rings (SSSR count). The number of nitrogens with zero attached hydrogens (tertiary/aromatic N) is 3. The molecule has 30 heavy (non-hydrogen) atoms. The average molecular weight is 447 g/mol. The van der Waals surface area contributed by atoms with Crippen LogP contribution in [-0.2, 0) is 9.53 Å². The van der Waals surface area contributed by atoms with E-state index in [0.29, 0.717) is 52.6 Å². The number of aromatic nitrogens is 2. The third-order valence-corrected chi connectivity index (χ3v) is 5.99. The number of unbranched alkanes of at least 4 members (excludes halogenated alkanes) is 1. The van der Waals surface area contributed by atoms with E-state index in [-0.39, 0.29) is 11.5 Å². The monoisotopic (exact) mass is 446 g/mol. The van der Waals surface area contributed by atoms with Crippen LogP contribution in [0.2, 0.25) is 0 Å². The van der Waals surface area contributed by atoms with Gasteiger partial charge in [0, 0.05) is 32.5 Å². The van der Waals surface area contributed by atoms with E-state index in [4.69, 9.17) is 17.0 Å². The van der Waals surface area contributed by atoms with E-state index < -0.39 is 0 Å². The topological polar surface area (TPSA) is 75.9 Å². The van der Waals surface area contributed by atoms with Gasteiger partial charge in [-0.25, -0.2) is 4.98 Å². The van der Waals surface area contributed by atoms with E-state index in [1.54, 1.807) is 29.3 Å². The van der Waals surface area contributed by atoms with Crippen LogP contribution >= 0.6 is 24.0 Å². The van der Waals surface area contributed by atoms with Gasteiger partial charge in [0.2, 0.25) is 0 Å². The highest BCUT2D eigenvalue weighted by Crippen LogP contribution is 2.33. The first-order chi connectivity index (χ1) is 14.6. The lowest BCUT2D eigenvalue weighted by Crippen LogP contribution is -2.29. The molecule has 2 aromatic rings. The molecule has 0 aliphatic carbocycles. The Bertz CT molecular complexity index is 1020. The van der Waals surface area contributed by atoms with Crippen molar-refractivity contribution in [3.8, 4) is 0 Å². The number of pyridine rings is 1. The summed E-state index contributed by atoms with van der Waals surface area (Å²) in [7, 11) is 0. The summed E-state index contributed by atoms with van der Waals surface area (Å²) in [4.78, 5) is 32.7. The maximum atomic E-state index is 13.2. The van der Waals surface area contributed by atoms with Crippen molar-refractivity contribution in [3.05, 3.63) is 45.2 Å². The minimum absolute atomic E-state index is 0.154. The Morgan fingerprint density at radius 1 is 1.27 bits per heavy atom. The first kappa shape index (κ1) is 22.5. The average Bonchev–Trinajstić information content (AvgIpc) is 3.01. The largest absolute Gasteiger partial charge is 0.382 e. The molecular weight excluding hydrogens is 420 g/mol. The molecule has 0 saturated carbocycles. The van der Waals surface area contributed by atoms with E-state index >= 15 is 0 Å².